The molecule has 1 N–H and O–H groups in total. The molecule has 0 bridgehead atoms. The Balaban J connectivity index is 1.82. The van der Waals surface area contributed by atoms with Gasteiger partial charge in [-0.3, -0.25) is 0 Å². The molecule has 0 aromatic heterocycles. The predicted molar refractivity (Wildman–Crippen MR) is 81.3 cm³/mol. The molecular weight excluding hydrogens is 230 g/mol. The van der Waals surface area contributed by atoms with Gasteiger partial charge in [0, 0.05) is 6.04 Å². The Morgan fingerprint density at radius 3 is 2.58 bits per heavy atom. The quantitative estimate of drug-likeness (QED) is 0.825. The number of benzene rings is 1. The van der Waals surface area contributed by atoms with Crippen LogP contribution in [-0.2, 0) is 0 Å². The molecule has 1 aromatic carbocycles. The van der Waals surface area contributed by atoms with E-state index in [2.05, 4.69) is 44.3 Å². The van der Waals surface area contributed by atoms with Gasteiger partial charge < -0.3 is 5.32 Å². The van der Waals surface area contributed by atoms with Gasteiger partial charge in [-0.2, -0.15) is 0 Å². The highest BCUT2D eigenvalue weighted by Crippen LogP contribution is 2.57. The molecule has 104 valence electrons. The molecule has 19 heavy (non-hydrogen) atoms. The van der Waals surface area contributed by atoms with E-state index in [1.165, 1.54) is 36.8 Å². The second-order valence-electron chi connectivity index (χ2n) is 6.78. The minimum atomic E-state index is 0.590. The number of fused-ring (bicyclic) bond motifs is 1. The fourth-order valence-corrected chi connectivity index (χ4v) is 3.96. The third-order valence-corrected chi connectivity index (χ3v) is 5.14. The van der Waals surface area contributed by atoms with Crippen LogP contribution in [0.3, 0.4) is 0 Å². The summed E-state index contributed by atoms with van der Waals surface area (Å²) in [7, 11) is 0. The maximum Gasteiger partial charge on any atom is 0.0351 e. The van der Waals surface area contributed by atoms with Gasteiger partial charge in [-0.15, -0.1) is 0 Å². The van der Waals surface area contributed by atoms with Gasteiger partial charge in [0.25, 0.3) is 0 Å². The number of hydrogen-bond donors (Lipinski definition) is 1. The molecule has 3 rings (SSSR count). The van der Waals surface area contributed by atoms with E-state index in [0.717, 1.165) is 24.3 Å². The first-order valence-corrected chi connectivity index (χ1v) is 7.99. The van der Waals surface area contributed by atoms with E-state index in [-0.39, 0.29) is 0 Å². The van der Waals surface area contributed by atoms with Gasteiger partial charge in [-0.25, -0.2) is 0 Å². The third-order valence-electron chi connectivity index (χ3n) is 5.14. The lowest BCUT2D eigenvalue weighted by Gasteiger charge is -2.28. The van der Waals surface area contributed by atoms with Crippen molar-refractivity contribution in [2.24, 2.45) is 17.8 Å². The van der Waals surface area contributed by atoms with E-state index in [9.17, 15) is 0 Å². The summed E-state index contributed by atoms with van der Waals surface area (Å²) in [5, 5.41) is 3.84. The standard InChI is InChI=1S/C18H27N/c1-4-7-19-18(16-10-14-9-15(14)11-16)17-8-12(2)5-6-13(17)3/h5-6,8,14-16,18-19H,4,7,9-11H2,1-3H3. The van der Waals surface area contributed by atoms with Crippen molar-refractivity contribution in [3.63, 3.8) is 0 Å². The minimum absolute atomic E-state index is 0.590. The number of hydrogen-bond acceptors (Lipinski definition) is 1. The van der Waals surface area contributed by atoms with Crippen LogP contribution in [-0.4, -0.2) is 6.54 Å². The lowest BCUT2D eigenvalue weighted by atomic mass is 9.86. The Hall–Kier alpha value is -0.820. The molecule has 2 aliphatic carbocycles. The van der Waals surface area contributed by atoms with Gasteiger partial charge in [-0.05, 0) is 75.0 Å². The van der Waals surface area contributed by atoms with Crippen molar-refractivity contribution in [2.75, 3.05) is 6.54 Å². The molecule has 3 unspecified atom stereocenters. The Morgan fingerprint density at radius 1 is 1.16 bits per heavy atom. The van der Waals surface area contributed by atoms with Gasteiger partial charge >= 0.3 is 0 Å². The summed E-state index contributed by atoms with van der Waals surface area (Å²) >= 11 is 0. The van der Waals surface area contributed by atoms with Gasteiger partial charge in [0.15, 0.2) is 0 Å². The summed E-state index contributed by atoms with van der Waals surface area (Å²) in [4.78, 5) is 0. The number of nitrogens with one attached hydrogen (secondary N) is 1. The Labute approximate surface area is 117 Å². The van der Waals surface area contributed by atoms with Gasteiger partial charge in [-0.1, -0.05) is 30.7 Å². The molecule has 0 spiro atoms. The van der Waals surface area contributed by atoms with Crippen LogP contribution in [0.2, 0.25) is 0 Å². The Bertz CT molecular complexity index is 441. The predicted octanol–water partition coefficient (Wildman–Crippen LogP) is 4.39. The summed E-state index contributed by atoms with van der Waals surface area (Å²) in [6.45, 7) is 7.89. The van der Waals surface area contributed by atoms with E-state index in [0.29, 0.717) is 6.04 Å². The van der Waals surface area contributed by atoms with Crippen LogP contribution >= 0.6 is 0 Å². The van der Waals surface area contributed by atoms with Crippen molar-refractivity contribution in [1.82, 2.24) is 5.32 Å². The second kappa shape index (κ2) is 5.28. The van der Waals surface area contributed by atoms with Crippen LogP contribution in [0, 0.1) is 31.6 Å². The van der Waals surface area contributed by atoms with Crippen LogP contribution < -0.4 is 5.32 Å². The van der Waals surface area contributed by atoms with E-state index in [4.69, 9.17) is 0 Å². The lowest BCUT2D eigenvalue weighted by Crippen LogP contribution is -2.29. The van der Waals surface area contributed by atoms with Gasteiger partial charge in [0.2, 0.25) is 0 Å². The average molecular weight is 257 g/mol. The molecule has 0 aliphatic heterocycles. The molecule has 2 aliphatic rings. The van der Waals surface area contributed by atoms with E-state index in [1.807, 2.05) is 0 Å². The Morgan fingerprint density at radius 2 is 1.89 bits per heavy atom. The Kier molecular flexibility index (Phi) is 3.66. The number of aryl methyl sites for hydroxylation is 2. The average Bonchev–Trinajstić information content (AvgIpc) is 3.01. The molecule has 1 nitrogen and oxygen atoms in total. The first-order chi connectivity index (χ1) is 9.19. The molecule has 2 fully saturated rings. The third kappa shape index (κ3) is 2.72. The first kappa shape index (κ1) is 13.2. The first-order valence-electron chi connectivity index (χ1n) is 7.99. The molecule has 1 heteroatoms. The lowest BCUT2D eigenvalue weighted by molar-refractivity contribution is 0.340. The topological polar surface area (TPSA) is 12.0 Å². The van der Waals surface area contributed by atoms with Crippen LogP contribution in [0.5, 0.6) is 0 Å². The van der Waals surface area contributed by atoms with Crippen LogP contribution in [0.4, 0.5) is 0 Å². The van der Waals surface area contributed by atoms with E-state index in [1.54, 1.807) is 5.56 Å². The molecule has 3 atom stereocenters. The SMILES string of the molecule is CCCNC(c1cc(C)ccc1C)C1CC2CC2C1. The molecular formula is C18H27N. The zero-order valence-electron chi connectivity index (χ0n) is 12.6. The summed E-state index contributed by atoms with van der Waals surface area (Å²) in [5.41, 5.74) is 4.41. The number of rotatable bonds is 5. The smallest absolute Gasteiger partial charge is 0.0351 e. The maximum absolute atomic E-state index is 3.84. The fourth-order valence-electron chi connectivity index (χ4n) is 3.96. The zero-order valence-corrected chi connectivity index (χ0v) is 12.6. The normalized spacial score (nSPS) is 30.2. The van der Waals surface area contributed by atoms with Crippen molar-refractivity contribution in [2.45, 2.75) is 52.5 Å². The second-order valence-corrected chi connectivity index (χ2v) is 6.78. The molecule has 1 aromatic rings. The van der Waals surface area contributed by atoms with Gasteiger partial charge in [0.05, 0.1) is 0 Å². The van der Waals surface area contributed by atoms with Crippen molar-refractivity contribution in [3.8, 4) is 0 Å². The van der Waals surface area contributed by atoms with Crippen LogP contribution in [0.1, 0.15) is 55.3 Å². The summed E-state index contributed by atoms with van der Waals surface area (Å²) < 4.78 is 0. The minimum Gasteiger partial charge on any atom is -0.310 e. The highest BCUT2D eigenvalue weighted by Gasteiger charge is 2.48. The van der Waals surface area contributed by atoms with Crippen molar-refractivity contribution in [3.05, 3.63) is 34.9 Å². The monoisotopic (exact) mass is 257 g/mol. The molecule has 0 amide bonds. The molecule has 0 saturated heterocycles. The van der Waals surface area contributed by atoms with Crippen molar-refractivity contribution < 1.29 is 0 Å². The van der Waals surface area contributed by atoms with Crippen LogP contribution in [0.25, 0.3) is 0 Å². The highest BCUT2D eigenvalue weighted by atomic mass is 14.9. The van der Waals surface area contributed by atoms with Crippen LogP contribution in [0.15, 0.2) is 18.2 Å². The summed E-state index contributed by atoms with van der Waals surface area (Å²) in [6.07, 6.45) is 5.66. The van der Waals surface area contributed by atoms with Crippen molar-refractivity contribution in [1.29, 1.82) is 0 Å². The molecule has 0 radical (unpaired) electrons. The fraction of sp³-hybridized carbons (Fsp3) is 0.667. The zero-order chi connectivity index (χ0) is 13.4. The highest BCUT2D eigenvalue weighted by molar-refractivity contribution is 5.34. The van der Waals surface area contributed by atoms with Crippen molar-refractivity contribution >= 4 is 0 Å². The summed E-state index contributed by atoms with van der Waals surface area (Å²) in [5.74, 6) is 3.01. The largest absolute Gasteiger partial charge is 0.310 e. The van der Waals surface area contributed by atoms with Gasteiger partial charge in [0.1, 0.15) is 0 Å². The summed E-state index contributed by atoms with van der Waals surface area (Å²) in [6, 6.07) is 7.53. The maximum atomic E-state index is 3.84. The van der Waals surface area contributed by atoms with E-state index < -0.39 is 0 Å². The molecule has 0 heterocycles. The molecule has 2 saturated carbocycles. The van der Waals surface area contributed by atoms with E-state index >= 15 is 0 Å².